The highest BCUT2D eigenvalue weighted by Crippen LogP contribution is 2.22. The topological polar surface area (TPSA) is 47.0 Å². The van der Waals surface area contributed by atoms with Crippen LogP contribution in [0.2, 0.25) is 5.02 Å². The second-order valence-electron chi connectivity index (χ2n) is 7.51. The predicted octanol–water partition coefficient (Wildman–Crippen LogP) is 3.31. The van der Waals surface area contributed by atoms with Crippen LogP contribution in [0.3, 0.4) is 0 Å². The number of halogens is 1. The summed E-state index contributed by atoms with van der Waals surface area (Å²) >= 11 is 5.89. The van der Waals surface area contributed by atoms with Crippen molar-refractivity contribution in [3.05, 3.63) is 85.6 Å². The summed E-state index contributed by atoms with van der Waals surface area (Å²) in [6.07, 6.45) is 3.41. The van der Waals surface area contributed by atoms with Crippen molar-refractivity contribution >= 4 is 23.9 Å². The molecule has 0 fully saturated rings. The molecule has 0 aliphatic rings. The molecular formula is C22H23ClN2O2. The maximum absolute atomic E-state index is 12.5. The standard InChI is InChI=1S/C22H23ClN2O2/c1-22(2,3)16-7-5-15(6-8-16)13-19-20(24-25(4)21(19)26)14-27-18-11-9-17(23)10-12-18/h5-14,24H,1-4H3/b19-13+,20-14-. The van der Waals surface area contributed by atoms with Crippen molar-refractivity contribution in [2.45, 2.75) is 26.2 Å². The SMILES string of the molecule is Cn1[nH]c(=C\Oc2ccc(Cl)cc2)/c(=C\c2ccc(C(C)(C)C)cc2)c1=O. The van der Waals surface area contributed by atoms with Gasteiger partial charge in [0.15, 0.2) is 0 Å². The Morgan fingerprint density at radius 3 is 2.26 bits per heavy atom. The summed E-state index contributed by atoms with van der Waals surface area (Å²) in [4.78, 5) is 12.5. The van der Waals surface area contributed by atoms with E-state index >= 15 is 0 Å². The van der Waals surface area contributed by atoms with E-state index in [0.717, 1.165) is 5.56 Å². The number of nitrogens with one attached hydrogen (secondary N) is 1. The molecule has 1 N–H and O–H groups in total. The Morgan fingerprint density at radius 2 is 1.67 bits per heavy atom. The largest absolute Gasteiger partial charge is 0.463 e. The maximum Gasteiger partial charge on any atom is 0.274 e. The lowest BCUT2D eigenvalue weighted by atomic mass is 9.87. The van der Waals surface area contributed by atoms with E-state index in [1.54, 1.807) is 37.6 Å². The van der Waals surface area contributed by atoms with E-state index in [1.165, 1.54) is 10.2 Å². The number of ether oxygens (including phenoxy) is 1. The van der Waals surface area contributed by atoms with Crippen LogP contribution in [-0.4, -0.2) is 9.78 Å². The molecule has 0 bridgehead atoms. The third-order valence-corrected chi connectivity index (χ3v) is 4.58. The summed E-state index contributed by atoms with van der Waals surface area (Å²) < 4.78 is 7.11. The highest BCUT2D eigenvalue weighted by atomic mass is 35.5. The number of hydrogen-bond acceptors (Lipinski definition) is 2. The van der Waals surface area contributed by atoms with Crippen molar-refractivity contribution in [3.63, 3.8) is 0 Å². The van der Waals surface area contributed by atoms with Crippen LogP contribution in [0.1, 0.15) is 31.9 Å². The molecule has 0 unspecified atom stereocenters. The van der Waals surface area contributed by atoms with Gasteiger partial charge in [0.25, 0.3) is 5.56 Å². The molecule has 0 saturated heterocycles. The van der Waals surface area contributed by atoms with Gasteiger partial charge in [-0.3, -0.25) is 14.6 Å². The van der Waals surface area contributed by atoms with Gasteiger partial charge in [0, 0.05) is 12.1 Å². The molecule has 3 aromatic rings. The number of rotatable bonds is 3. The fraction of sp³-hybridized carbons (Fsp3) is 0.227. The third-order valence-electron chi connectivity index (χ3n) is 4.33. The fourth-order valence-electron chi connectivity index (χ4n) is 2.70. The zero-order valence-corrected chi connectivity index (χ0v) is 16.7. The van der Waals surface area contributed by atoms with Crippen molar-refractivity contribution in [1.29, 1.82) is 0 Å². The molecule has 0 atom stereocenters. The summed E-state index contributed by atoms with van der Waals surface area (Å²) in [5.41, 5.74) is 2.19. The normalized spacial score (nSPS) is 13.2. The highest BCUT2D eigenvalue weighted by molar-refractivity contribution is 6.30. The van der Waals surface area contributed by atoms with Gasteiger partial charge in [0.05, 0.1) is 5.22 Å². The monoisotopic (exact) mass is 382 g/mol. The van der Waals surface area contributed by atoms with Crippen LogP contribution in [0.5, 0.6) is 5.75 Å². The van der Waals surface area contributed by atoms with Gasteiger partial charge in [-0.05, 0) is 46.9 Å². The van der Waals surface area contributed by atoms with E-state index in [1.807, 2.05) is 18.2 Å². The molecular weight excluding hydrogens is 360 g/mol. The second kappa shape index (κ2) is 7.49. The molecule has 3 rings (SSSR count). The summed E-state index contributed by atoms with van der Waals surface area (Å²) in [5, 5.41) is 4.82. The van der Waals surface area contributed by atoms with Gasteiger partial charge >= 0.3 is 0 Å². The molecule has 140 valence electrons. The van der Waals surface area contributed by atoms with Crippen molar-refractivity contribution in [2.24, 2.45) is 7.05 Å². The Morgan fingerprint density at radius 1 is 1.04 bits per heavy atom. The molecule has 0 amide bonds. The van der Waals surface area contributed by atoms with Gasteiger partial charge < -0.3 is 4.74 Å². The molecule has 2 aromatic carbocycles. The van der Waals surface area contributed by atoms with Gasteiger partial charge in [0.1, 0.15) is 17.4 Å². The first-order chi connectivity index (χ1) is 12.7. The molecule has 0 spiro atoms. The van der Waals surface area contributed by atoms with Gasteiger partial charge in [-0.25, -0.2) is 0 Å². The quantitative estimate of drug-likeness (QED) is 0.755. The number of aromatic nitrogens is 2. The van der Waals surface area contributed by atoms with E-state index in [2.05, 4.69) is 38.0 Å². The Balaban J connectivity index is 2.00. The van der Waals surface area contributed by atoms with Gasteiger partial charge in [-0.15, -0.1) is 0 Å². The fourth-order valence-corrected chi connectivity index (χ4v) is 2.83. The number of hydrogen-bond donors (Lipinski definition) is 1. The highest BCUT2D eigenvalue weighted by Gasteiger charge is 2.12. The molecule has 5 heteroatoms. The Bertz CT molecular complexity index is 1100. The van der Waals surface area contributed by atoms with Gasteiger partial charge in [0.2, 0.25) is 0 Å². The van der Waals surface area contributed by atoms with Gasteiger partial charge in [-0.1, -0.05) is 56.6 Å². The van der Waals surface area contributed by atoms with Crippen molar-refractivity contribution in [3.8, 4) is 5.75 Å². The minimum Gasteiger partial charge on any atom is -0.463 e. The minimum atomic E-state index is -0.110. The smallest absolute Gasteiger partial charge is 0.274 e. The third kappa shape index (κ3) is 4.52. The molecule has 0 saturated carbocycles. The average molecular weight is 383 g/mol. The van der Waals surface area contributed by atoms with Crippen molar-refractivity contribution in [2.75, 3.05) is 0 Å². The van der Waals surface area contributed by atoms with Crippen molar-refractivity contribution < 1.29 is 4.74 Å². The lowest BCUT2D eigenvalue weighted by molar-refractivity contribution is 0.536. The summed E-state index contributed by atoms with van der Waals surface area (Å²) in [6, 6.07) is 15.3. The number of H-pyrrole nitrogens is 1. The van der Waals surface area contributed by atoms with Crippen LogP contribution in [0, 0.1) is 0 Å². The first kappa shape index (κ1) is 19.1. The van der Waals surface area contributed by atoms with Crippen LogP contribution in [0.4, 0.5) is 0 Å². The number of aryl methyl sites for hydroxylation is 1. The van der Waals surface area contributed by atoms with Crippen LogP contribution < -0.4 is 20.9 Å². The Hall–Kier alpha value is -2.72. The Labute approximate surface area is 163 Å². The first-order valence-corrected chi connectivity index (χ1v) is 9.11. The van der Waals surface area contributed by atoms with Gasteiger partial charge in [-0.2, -0.15) is 0 Å². The molecule has 0 aliphatic carbocycles. The average Bonchev–Trinajstić information content (AvgIpc) is 2.89. The molecule has 1 aromatic heterocycles. The molecule has 0 radical (unpaired) electrons. The lowest BCUT2D eigenvalue weighted by Gasteiger charge is -2.18. The number of nitrogens with zero attached hydrogens (tertiary/aromatic N) is 1. The minimum absolute atomic E-state index is 0.0914. The van der Waals surface area contributed by atoms with Crippen LogP contribution in [-0.2, 0) is 12.5 Å². The maximum atomic E-state index is 12.5. The van der Waals surface area contributed by atoms with E-state index < -0.39 is 0 Å². The molecule has 4 nitrogen and oxygen atoms in total. The summed E-state index contributed by atoms with van der Waals surface area (Å²) in [5.74, 6) is 0.643. The number of benzene rings is 2. The molecule has 27 heavy (non-hydrogen) atoms. The van der Waals surface area contributed by atoms with E-state index in [-0.39, 0.29) is 11.0 Å². The number of aromatic amines is 1. The first-order valence-electron chi connectivity index (χ1n) is 8.74. The van der Waals surface area contributed by atoms with Crippen molar-refractivity contribution in [1.82, 2.24) is 9.78 Å². The molecule has 0 aliphatic heterocycles. The summed E-state index contributed by atoms with van der Waals surface area (Å²) in [7, 11) is 1.68. The molecule has 1 heterocycles. The lowest BCUT2D eigenvalue weighted by Crippen LogP contribution is -2.34. The van der Waals surface area contributed by atoms with Crippen LogP contribution in [0.15, 0.2) is 53.3 Å². The van der Waals surface area contributed by atoms with Crippen LogP contribution >= 0.6 is 11.6 Å². The zero-order valence-electron chi connectivity index (χ0n) is 15.9. The van der Waals surface area contributed by atoms with E-state index in [0.29, 0.717) is 21.3 Å². The predicted molar refractivity (Wildman–Crippen MR) is 111 cm³/mol. The zero-order chi connectivity index (χ0) is 19.6. The van der Waals surface area contributed by atoms with E-state index in [9.17, 15) is 4.79 Å². The Kier molecular flexibility index (Phi) is 5.29. The summed E-state index contributed by atoms with van der Waals surface area (Å²) in [6.45, 7) is 6.53. The van der Waals surface area contributed by atoms with Crippen LogP contribution in [0.25, 0.3) is 12.3 Å². The van der Waals surface area contributed by atoms with E-state index in [4.69, 9.17) is 16.3 Å². The second-order valence-corrected chi connectivity index (χ2v) is 7.95.